The highest BCUT2D eigenvalue weighted by atomic mass is 16.5. The first-order valence-electron chi connectivity index (χ1n) is 11.5. The van der Waals surface area contributed by atoms with E-state index in [1.807, 2.05) is 19.1 Å². The quantitative estimate of drug-likeness (QED) is 0.412. The predicted octanol–water partition coefficient (Wildman–Crippen LogP) is 2.65. The number of oxazole rings is 1. The number of hydrogen-bond acceptors (Lipinski definition) is 9. The van der Waals surface area contributed by atoms with Crippen LogP contribution in [0.25, 0.3) is 22.5 Å². The summed E-state index contributed by atoms with van der Waals surface area (Å²) in [6.45, 7) is 4.21. The number of pyridine rings is 2. The first-order valence-corrected chi connectivity index (χ1v) is 11.5. The molecule has 11 heteroatoms. The number of ether oxygens (including phenoxy) is 1. The van der Waals surface area contributed by atoms with Crippen LogP contribution in [0.5, 0.6) is 0 Å². The van der Waals surface area contributed by atoms with Crippen molar-refractivity contribution in [3.63, 3.8) is 0 Å². The van der Waals surface area contributed by atoms with Gasteiger partial charge in [-0.15, -0.1) is 0 Å². The number of carbonyl (C=O) groups excluding carboxylic acids is 1. The largest absolute Gasteiger partial charge is 0.444 e. The van der Waals surface area contributed by atoms with Crippen LogP contribution in [0.15, 0.2) is 41.3 Å². The number of rotatable bonds is 7. The molecule has 0 bridgehead atoms. The van der Waals surface area contributed by atoms with Crippen LogP contribution in [-0.4, -0.2) is 68.7 Å². The SMILES string of the molecule is COCCn1ncc2cc(NC(=O)c3coc(-c4ccnc(C)c4)n3)c(N3CCC(O)CC3)nc21. The molecule has 1 saturated heterocycles. The van der Waals surface area contributed by atoms with E-state index in [2.05, 4.69) is 25.3 Å². The standard InChI is InChI=1S/C24H27N7O4/c1-15-11-16(3-6-25-15)24-28-20(14-35-24)23(33)27-19-12-17-13-26-31(9-10-34-2)21(17)29-22(19)30-7-4-18(32)5-8-30/h3,6,11-14,18,32H,4-5,7-10H2,1-2H3,(H,27,33). The molecule has 1 fully saturated rings. The van der Waals surface area contributed by atoms with Crippen LogP contribution in [0.2, 0.25) is 0 Å². The number of fused-ring (bicyclic) bond motifs is 1. The molecule has 0 aliphatic carbocycles. The van der Waals surface area contributed by atoms with Gasteiger partial charge in [-0.2, -0.15) is 5.10 Å². The van der Waals surface area contributed by atoms with E-state index in [1.165, 1.54) is 6.26 Å². The number of nitrogens with zero attached hydrogens (tertiary/aromatic N) is 6. The zero-order valence-corrected chi connectivity index (χ0v) is 19.6. The molecule has 0 radical (unpaired) electrons. The van der Waals surface area contributed by atoms with Crippen LogP contribution in [0, 0.1) is 6.92 Å². The fourth-order valence-corrected chi connectivity index (χ4v) is 4.13. The van der Waals surface area contributed by atoms with E-state index in [1.54, 1.807) is 30.3 Å². The lowest BCUT2D eigenvalue weighted by Gasteiger charge is -2.31. The molecule has 1 amide bonds. The number of aromatic nitrogens is 5. The number of methoxy groups -OCH3 is 1. The lowest BCUT2D eigenvalue weighted by molar-refractivity contribution is 0.102. The highest BCUT2D eigenvalue weighted by molar-refractivity contribution is 6.05. The van der Waals surface area contributed by atoms with Gasteiger partial charge in [0.05, 0.1) is 31.1 Å². The number of hydrogen-bond donors (Lipinski definition) is 2. The minimum atomic E-state index is -0.406. The molecule has 182 valence electrons. The summed E-state index contributed by atoms with van der Waals surface area (Å²) in [6, 6.07) is 5.49. The van der Waals surface area contributed by atoms with Crippen molar-refractivity contribution in [3.05, 3.63) is 48.2 Å². The molecule has 0 spiro atoms. The van der Waals surface area contributed by atoms with Gasteiger partial charge in [-0.1, -0.05) is 0 Å². The van der Waals surface area contributed by atoms with Gasteiger partial charge in [-0.3, -0.25) is 9.78 Å². The molecule has 4 aromatic heterocycles. The zero-order chi connectivity index (χ0) is 24.4. The molecular formula is C24H27N7O4. The Morgan fingerprint density at radius 3 is 2.89 bits per heavy atom. The monoisotopic (exact) mass is 477 g/mol. The van der Waals surface area contributed by atoms with E-state index in [4.69, 9.17) is 14.1 Å². The summed E-state index contributed by atoms with van der Waals surface area (Å²) in [5.74, 6) is 0.571. The Hall–Kier alpha value is -3.83. The summed E-state index contributed by atoms with van der Waals surface area (Å²) in [5, 5.41) is 18.1. The lowest BCUT2D eigenvalue weighted by atomic mass is 10.1. The third kappa shape index (κ3) is 4.86. The molecule has 35 heavy (non-hydrogen) atoms. The van der Waals surface area contributed by atoms with Gasteiger partial charge in [-0.05, 0) is 38.0 Å². The first-order chi connectivity index (χ1) is 17.0. The third-order valence-corrected chi connectivity index (χ3v) is 5.99. The smallest absolute Gasteiger partial charge is 0.277 e. The van der Waals surface area contributed by atoms with Crippen LogP contribution < -0.4 is 10.2 Å². The minimum Gasteiger partial charge on any atom is -0.444 e. The number of amides is 1. The van der Waals surface area contributed by atoms with Gasteiger partial charge in [-0.25, -0.2) is 14.6 Å². The molecule has 2 N–H and O–H groups in total. The first kappa shape index (κ1) is 22.9. The summed E-state index contributed by atoms with van der Waals surface area (Å²) in [4.78, 5) is 28.6. The van der Waals surface area contributed by atoms with Gasteiger partial charge >= 0.3 is 0 Å². The second-order valence-electron chi connectivity index (χ2n) is 8.53. The highest BCUT2D eigenvalue weighted by Crippen LogP contribution is 2.31. The number of aliphatic hydroxyl groups excluding tert-OH is 1. The summed E-state index contributed by atoms with van der Waals surface area (Å²) >= 11 is 0. The molecule has 5 rings (SSSR count). The lowest BCUT2D eigenvalue weighted by Crippen LogP contribution is -2.37. The molecule has 0 unspecified atom stereocenters. The van der Waals surface area contributed by atoms with Crippen molar-refractivity contribution in [1.82, 2.24) is 24.7 Å². The van der Waals surface area contributed by atoms with Crippen molar-refractivity contribution in [2.24, 2.45) is 0 Å². The fraction of sp³-hybridized carbons (Fsp3) is 0.375. The number of nitrogens with one attached hydrogen (secondary N) is 1. The molecule has 11 nitrogen and oxygen atoms in total. The Balaban J connectivity index is 1.45. The molecule has 1 aliphatic heterocycles. The maximum absolute atomic E-state index is 13.1. The Morgan fingerprint density at radius 1 is 1.29 bits per heavy atom. The van der Waals surface area contributed by atoms with Crippen molar-refractivity contribution < 1.29 is 19.1 Å². The number of carbonyl (C=O) groups is 1. The summed E-state index contributed by atoms with van der Waals surface area (Å²) in [7, 11) is 1.64. The number of anilines is 2. The Labute approximate surface area is 201 Å². The van der Waals surface area contributed by atoms with Gasteiger partial charge in [0.15, 0.2) is 17.2 Å². The van der Waals surface area contributed by atoms with Crippen LogP contribution in [0.1, 0.15) is 29.0 Å². The molecule has 0 saturated carbocycles. The minimum absolute atomic E-state index is 0.158. The second kappa shape index (κ2) is 9.80. The molecule has 0 atom stereocenters. The maximum atomic E-state index is 13.1. The van der Waals surface area contributed by atoms with E-state index in [0.29, 0.717) is 62.1 Å². The van der Waals surface area contributed by atoms with E-state index in [0.717, 1.165) is 16.6 Å². The Kier molecular flexibility index (Phi) is 6.43. The summed E-state index contributed by atoms with van der Waals surface area (Å²) < 4.78 is 12.5. The highest BCUT2D eigenvalue weighted by Gasteiger charge is 2.24. The van der Waals surface area contributed by atoms with Gasteiger partial charge in [0, 0.05) is 43.0 Å². The van der Waals surface area contributed by atoms with Crippen molar-refractivity contribution in [3.8, 4) is 11.5 Å². The van der Waals surface area contributed by atoms with E-state index < -0.39 is 5.91 Å². The fourth-order valence-electron chi connectivity index (χ4n) is 4.13. The average molecular weight is 478 g/mol. The molecule has 4 aromatic rings. The van der Waals surface area contributed by atoms with E-state index >= 15 is 0 Å². The van der Waals surface area contributed by atoms with Crippen LogP contribution in [-0.2, 0) is 11.3 Å². The Morgan fingerprint density at radius 2 is 2.11 bits per heavy atom. The van der Waals surface area contributed by atoms with Crippen LogP contribution in [0.4, 0.5) is 11.5 Å². The summed E-state index contributed by atoms with van der Waals surface area (Å²) in [6.07, 6.45) is 5.67. The molecule has 5 heterocycles. The Bertz CT molecular complexity index is 1340. The van der Waals surface area contributed by atoms with Crippen molar-refractivity contribution in [2.75, 3.05) is 37.0 Å². The average Bonchev–Trinajstić information content (AvgIpc) is 3.50. The number of piperidine rings is 1. The van der Waals surface area contributed by atoms with Gasteiger partial charge in [0.1, 0.15) is 6.26 Å². The normalized spacial score (nSPS) is 14.5. The van der Waals surface area contributed by atoms with Crippen LogP contribution in [0.3, 0.4) is 0 Å². The number of aryl methyl sites for hydroxylation is 1. The summed E-state index contributed by atoms with van der Waals surface area (Å²) in [5.41, 5.74) is 2.99. The molecule has 1 aliphatic rings. The maximum Gasteiger partial charge on any atom is 0.277 e. The van der Waals surface area contributed by atoms with E-state index in [-0.39, 0.29) is 11.8 Å². The second-order valence-corrected chi connectivity index (χ2v) is 8.53. The van der Waals surface area contributed by atoms with Crippen molar-refractivity contribution in [1.29, 1.82) is 0 Å². The molecular weight excluding hydrogens is 450 g/mol. The van der Waals surface area contributed by atoms with Crippen molar-refractivity contribution >= 4 is 28.4 Å². The van der Waals surface area contributed by atoms with E-state index in [9.17, 15) is 9.90 Å². The number of aliphatic hydroxyl groups is 1. The predicted molar refractivity (Wildman–Crippen MR) is 129 cm³/mol. The van der Waals surface area contributed by atoms with Crippen LogP contribution >= 0.6 is 0 Å². The van der Waals surface area contributed by atoms with Gasteiger partial charge < -0.3 is 24.5 Å². The van der Waals surface area contributed by atoms with Crippen molar-refractivity contribution in [2.45, 2.75) is 32.4 Å². The topological polar surface area (TPSA) is 131 Å². The van der Waals surface area contributed by atoms with Gasteiger partial charge in [0.2, 0.25) is 5.89 Å². The third-order valence-electron chi connectivity index (χ3n) is 5.99. The molecule has 0 aromatic carbocycles. The van der Waals surface area contributed by atoms with Gasteiger partial charge in [0.25, 0.3) is 5.91 Å². The zero-order valence-electron chi connectivity index (χ0n) is 19.6.